The van der Waals surface area contributed by atoms with Crippen LogP contribution in [-0.2, 0) is 11.3 Å². The highest BCUT2D eigenvalue weighted by Crippen LogP contribution is 2.32. The summed E-state index contributed by atoms with van der Waals surface area (Å²) in [6, 6.07) is 3.70. The molecular weight excluding hydrogens is 316 g/mol. The fourth-order valence-corrected chi connectivity index (χ4v) is 4.06. The van der Waals surface area contributed by atoms with Crippen LogP contribution in [0.4, 0.5) is 5.95 Å². The van der Waals surface area contributed by atoms with E-state index in [-0.39, 0.29) is 5.91 Å². The Hall–Kier alpha value is -2.44. The summed E-state index contributed by atoms with van der Waals surface area (Å²) in [5.41, 5.74) is 0. The van der Waals surface area contributed by atoms with Crippen molar-refractivity contribution >= 4 is 11.9 Å². The highest BCUT2D eigenvalue weighted by atomic mass is 16.2. The molecule has 1 atom stereocenters. The standard InChI is InChI=1S/C18H24N6O/c25-17(14-24-9-2-8-21-24)23-12-5-16(13-23)15-3-10-22(11-4-15)18-19-6-1-7-20-18/h1-2,6-9,15-16H,3-5,10-14H2. The molecule has 0 aliphatic carbocycles. The summed E-state index contributed by atoms with van der Waals surface area (Å²) >= 11 is 0. The van der Waals surface area contributed by atoms with Gasteiger partial charge in [-0.05, 0) is 43.2 Å². The van der Waals surface area contributed by atoms with Gasteiger partial charge in [-0.2, -0.15) is 5.10 Å². The summed E-state index contributed by atoms with van der Waals surface area (Å²) in [4.78, 5) is 25.4. The molecule has 1 amide bonds. The SMILES string of the molecule is O=C(Cn1cccn1)N1CCC(C2CCN(c3ncccn3)CC2)C1. The number of rotatable bonds is 4. The normalized spacial score (nSPS) is 21.7. The Bertz CT molecular complexity index is 681. The number of nitrogens with zero attached hydrogens (tertiary/aromatic N) is 6. The van der Waals surface area contributed by atoms with Crippen molar-refractivity contribution in [2.24, 2.45) is 11.8 Å². The van der Waals surface area contributed by atoms with Crippen LogP contribution in [0.15, 0.2) is 36.9 Å². The minimum absolute atomic E-state index is 0.182. The second-order valence-corrected chi connectivity index (χ2v) is 6.97. The Balaban J connectivity index is 1.27. The van der Waals surface area contributed by atoms with E-state index >= 15 is 0 Å². The third-order valence-corrected chi connectivity index (χ3v) is 5.48. The highest BCUT2D eigenvalue weighted by Gasteiger charge is 2.34. The van der Waals surface area contributed by atoms with Gasteiger partial charge in [0.05, 0.1) is 0 Å². The lowest BCUT2D eigenvalue weighted by Gasteiger charge is -2.34. The molecule has 2 saturated heterocycles. The molecule has 2 aromatic heterocycles. The van der Waals surface area contributed by atoms with E-state index in [1.807, 2.05) is 23.2 Å². The van der Waals surface area contributed by atoms with Crippen molar-refractivity contribution in [1.82, 2.24) is 24.6 Å². The van der Waals surface area contributed by atoms with Crippen molar-refractivity contribution in [2.75, 3.05) is 31.1 Å². The van der Waals surface area contributed by atoms with Gasteiger partial charge in [0.2, 0.25) is 11.9 Å². The molecule has 2 aromatic rings. The lowest BCUT2D eigenvalue weighted by atomic mass is 9.84. The molecule has 0 spiro atoms. The number of carbonyl (C=O) groups is 1. The number of carbonyl (C=O) groups excluding carboxylic acids is 1. The summed E-state index contributed by atoms with van der Waals surface area (Å²) in [6.07, 6.45) is 10.6. The largest absolute Gasteiger partial charge is 0.341 e. The number of piperidine rings is 1. The van der Waals surface area contributed by atoms with E-state index in [4.69, 9.17) is 0 Å². The van der Waals surface area contributed by atoms with Crippen LogP contribution >= 0.6 is 0 Å². The van der Waals surface area contributed by atoms with Gasteiger partial charge in [0, 0.05) is 51.0 Å². The Kier molecular flexibility index (Phi) is 4.63. The van der Waals surface area contributed by atoms with E-state index in [0.29, 0.717) is 18.4 Å². The van der Waals surface area contributed by atoms with Crippen LogP contribution in [0, 0.1) is 11.8 Å². The molecule has 2 aliphatic heterocycles. The number of likely N-dealkylation sites (tertiary alicyclic amines) is 1. The molecule has 0 saturated carbocycles. The first-order chi connectivity index (χ1) is 12.3. The maximum atomic E-state index is 12.4. The molecule has 132 valence electrons. The zero-order valence-electron chi connectivity index (χ0n) is 14.4. The average molecular weight is 340 g/mol. The minimum atomic E-state index is 0.182. The van der Waals surface area contributed by atoms with Crippen molar-refractivity contribution < 1.29 is 4.79 Å². The Morgan fingerprint density at radius 2 is 1.76 bits per heavy atom. The smallest absolute Gasteiger partial charge is 0.244 e. The van der Waals surface area contributed by atoms with Gasteiger partial charge in [0.15, 0.2) is 0 Å². The Morgan fingerprint density at radius 3 is 2.48 bits per heavy atom. The molecule has 4 heterocycles. The summed E-state index contributed by atoms with van der Waals surface area (Å²) in [7, 11) is 0. The van der Waals surface area contributed by atoms with Gasteiger partial charge in [-0.3, -0.25) is 9.48 Å². The molecule has 7 heteroatoms. The predicted molar refractivity (Wildman–Crippen MR) is 93.9 cm³/mol. The lowest BCUT2D eigenvalue weighted by molar-refractivity contribution is -0.131. The first-order valence-corrected chi connectivity index (χ1v) is 9.07. The van der Waals surface area contributed by atoms with Crippen LogP contribution in [0.25, 0.3) is 0 Å². The van der Waals surface area contributed by atoms with Gasteiger partial charge in [0.1, 0.15) is 6.54 Å². The number of anilines is 1. The van der Waals surface area contributed by atoms with Gasteiger partial charge in [-0.1, -0.05) is 0 Å². The fourth-order valence-electron chi connectivity index (χ4n) is 4.06. The van der Waals surface area contributed by atoms with Crippen LogP contribution in [-0.4, -0.2) is 56.7 Å². The summed E-state index contributed by atoms with van der Waals surface area (Å²) < 4.78 is 1.70. The molecule has 0 radical (unpaired) electrons. The van der Waals surface area contributed by atoms with Crippen LogP contribution in [0.5, 0.6) is 0 Å². The number of amides is 1. The maximum absolute atomic E-state index is 12.4. The first kappa shape index (κ1) is 16.1. The molecule has 25 heavy (non-hydrogen) atoms. The molecule has 2 fully saturated rings. The lowest BCUT2D eigenvalue weighted by Crippen LogP contribution is -2.38. The molecule has 0 N–H and O–H groups in total. The van der Waals surface area contributed by atoms with Crippen molar-refractivity contribution in [2.45, 2.75) is 25.8 Å². The van der Waals surface area contributed by atoms with Crippen molar-refractivity contribution in [3.05, 3.63) is 36.9 Å². The molecule has 1 unspecified atom stereocenters. The number of hydrogen-bond donors (Lipinski definition) is 0. The summed E-state index contributed by atoms with van der Waals surface area (Å²) in [5, 5.41) is 4.13. The van der Waals surface area contributed by atoms with E-state index in [9.17, 15) is 4.79 Å². The van der Waals surface area contributed by atoms with Gasteiger partial charge in [-0.15, -0.1) is 0 Å². The molecule has 4 rings (SSSR count). The van der Waals surface area contributed by atoms with E-state index in [0.717, 1.165) is 51.4 Å². The van der Waals surface area contributed by atoms with Gasteiger partial charge in [-0.25, -0.2) is 9.97 Å². The first-order valence-electron chi connectivity index (χ1n) is 9.07. The van der Waals surface area contributed by atoms with Crippen LogP contribution < -0.4 is 4.90 Å². The summed E-state index contributed by atoms with van der Waals surface area (Å²) in [5.74, 6) is 2.34. The van der Waals surface area contributed by atoms with E-state index < -0.39 is 0 Å². The van der Waals surface area contributed by atoms with E-state index in [1.54, 1.807) is 23.3 Å². The Labute approximate surface area is 147 Å². The monoisotopic (exact) mass is 340 g/mol. The zero-order valence-corrected chi connectivity index (χ0v) is 14.4. The van der Waals surface area contributed by atoms with Gasteiger partial charge in [0.25, 0.3) is 0 Å². The van der Waals surface area contributed by atoms with Crippen LogP contribution in [0.1, 0.15) is 19.3 Å². The van der Waals surface area contributed by atoms with Gasteiger partial charge >= 0.3 is 0 Å². The van der Waals surface area contributed by atoms with Gasteiger partial charge < -0.3 is 9.80 Å². The van der Waals surface area contributed by atoms with Crippen molar-refractivity contribution in [1.29, 1.82) is 0 Å². The fraction of sp³-hybridized carbons (Fsp3) is 0.556. The molecule has 7 nitrogen and oxygen atoms in total. The van der Waals surface area contributed by atoms with E-state index in [1.165, 1.54) is 0 Å². The quantitative estimate of drug-likeness (QED) is 0.842. The molecular formula is C18H24N6O. The average Bonchev–Trinajstić information content (AvgIpc) is 3.34. The second-order valence-electron chi connectivity index (χ2n) is 6.97. The molecule has 0 aromatic carbocycles. The number of hydrogen-bond acceptors (Lipinski definition) is 5. The Morgan fingerprint density at radius 1 is 1.00 bits per heavy atom. The number of aromatic nitrogens is 4. The molecule has 0 bridgehead atoms. The third kappa shape index (κ3) is 3.65. The topological polar surface area (TPSA) is 67.2 Å². The second kappa shape index (κ2) is 7.21. The maximum Gasteiger partial charge on any atom is 0.244 e. The van der Waals surface area contributed by atoms with Crippen LogP contribution in [0.3, 0.4) is 0 Å². The third-order valence-electron chi connectivity index (χ3n) is 5.48. The van der Waals surface area contributed by atoms with Crippen molar-refractivity contribution in [3.63, 3.8) is 0 Å². The van der Waals surface area contributed by atoms with Crippen LogP contribution in [0.2, 0.25) is 0 Å². The zero-order chi connectivity index (χ0) is 17.1. The van der Waals surface area contributed by atoms with E-state index in [2.05, 4.69) is 20.0 Å². The highest BCUT2D eigenvalue weighted by molar-refractivity contribution is 5.76. The molecule has 2 aliphatic rings. The minimum Gasteiger partial charge on any atom is -0.341 e. The summed E-state index contributed by atoms with van der Waals surface area (Å²) in [6.45, 7) is 4.14. The van der Waals surface area contributed by atoms with Crippen molar-refractivity contribution in [3.8, 4) is 0 Å². The predicted octanol–water partition coefficient (Wildman–Crippen LogP) is 1.44.